The van der Waals surface area contributed by atoms with E-state index < -0.39 is 41.4 Å². The third-order valence-electron chi connectivity index (χ3n) is 11.2. The van der Waals surface area contributed by atoms with Crippen molar-refractivity contribution in [2.24, 2.45) is 23.7 Å². The number of ether oxygens (including phenoxy) is 5. The Kier molecular flexibility index (Phi) is 19.1. The number of nitrogens with one attached hydrogen (secondary N) is 2. The minimum absolute atomic E-state index is 0.0144. The summed E-state index contributed by atoms with van der Waals surface area (Å²) in [4.78, 5) is 74.6. The number of hydrogen-bond acceptors (Lipinski definition) is 12. The van der Waals surface area contributed by atoms with E-state index in [1.807, 2.05) is 27.7 Å². The summed E-state index contributed by atoms with van der Waals surface area (Å²) in [5, 5.41) is 6.01. The summed E-state index contributed by atoms with van der Waals surface area (Å²) in [6.45, 7) is 17.7. The third-order valence-corrected chi connectivity index (χ3v) is 11.2. The molecule has 3 fully saturated rings. The van der Waals surface area contributed by atoms with Crippen molar-refractivity contribution in [2.45, 2.75) is 155 Å². The molecule has 14 heteroatoms. The Morgan fingerprint density at radius 3 is 1.45 bits per heavy atom. The van der Waals surface area contributed by atoms with E-state index in [1.54, 1.807) is 6.92 Å². The van der Waals surface area contributed by atoms with E-state index >= 15 is 0 Å². The quantitative estimate of drug-likeness (QED) is 0.0238. The Morgan fingerprint density at radius 1 is 0.589 bits per heavy atom. The monoisotopic (exact) mass is 792 g/mol. The first kappa shape index (κ1) is 46.7. The lowest BCUT2D eigenvalue weighted by atomic mass is 9.67. The Bertz CT molecular complexity index is 1330. The van der Waals surface area contributed by atoms with Gasteiger partial charge in [0.1, 0.15) is 33.0 Å². The van der Waals surface area contributed by atoms with Gasteiger partial charge < -0.3 is 34.3 Å². The van der Waals surface area contributed by atoms with Crippen LogP contribution in [0.1, 0.15) is 131 Å². The van der Waals surface area contributed by atoms with Gasteiger partial charge >= 0.3 is 30.1 Å². The number of hydrogen-bond donors (Lipinski definition) is 2. The number of amides is 2. The van der Waals surface area contributed by atoms with Gasteiger partial charge in [-0.15, -0.1) is 0 Å². The molecule has 0 aromatic rings. The maximum Gasteiger partial charge on any atom is 0.408 e. The van der Waals surface area contributed by atoms with Crippen molar-refractivity contribution in [3.63, 3.8) is 0 Å². The van der Waals surface area contributed by atoms with E-state index in [0.717, 1.165) is 89.0 Å². The predicted molar refractivity (Wildman–Crippen MR) is 208 cm³/mol. The van der Waals surface area contributed by atoms with Gasteiger partial charge in [-0.2, -0.15) is 0 Å². The van der Waals surface area contributed by atoms with E-state index in [9.17, 15) is 24.0 Å². The highest BCUT2D eigenvalue weighted by Gasteiger charge is 2.42. The largest absolute Gasteiger partial charge is 0.461 e. The van der Waals surface area contributed by atoms with E-state index in [0.29, 0.717) is 6.42 Å². The van der Waals surface area contributed by atoms with Gasteiger partial charge in [-0.3, -0.25) is 9.59 Å². The van der Waals surface area contributed by atoms with Crippen molar-refractivity contribution in [1.29, 1.82) is 0 Å². The second kappa shape index (κ2) is 22.9. The second-order valence-corrected chi connectivity index (χ2v) is 17.1. The van der Waals surface area contributed by atoms with Crippen LogP contribution in [0.4, 0.5) is 9.59 Å². The molecule has 0 spiro atoms. The SMILES string of the molecule is C=C(C)COOCC(COC(=O)C1CCCCC1)OC(=O)NC(C)(C)C1CCCC(C(C)(C)NC(=O)OC(COC(=O)C(=C)C)COC(=O)C2CCCCC2)C1. The van der Waals surface area contributed by atoms with Gasteiger partial charge in [0.15, 0.2) is 12.2 Å². The first-order chi connectivity index (χ1) is 26.5. The fourth-order valence-corrected chi connectivity index (χ4v) is 7.65. The summed E-state index contributed by atoms with van der Waals surface area (Å²) in [6.07, 6.45) is 9.10. The molecule has 0 heterocycles. The summed E-state index contributed by atoms with van der Waals surface area (Å²) in [5.74, 6) is -1.57. The van der Waals surface area contributed by atoms with Crippen LogP contribution in [0.15, 0.2) is 24.3 Å². The Balaban J connectivity index is 1.57. The lowest BCUT2D eigenvalue weighted by molar-refractivity contribution is -0.300. The number of carbonyl (C=O) groups excluding carboxylic acids is 5. The van der Waals surface area contributed by atoms with Crippen LogP contribution >= 0.6 is 0 Å². The van der Waals surface area contributed by atoms with Gasteiger partial charge in [0.25, 0.3) is 0 Å². The number of rotatable bonds is 20. The molecule has 3 aliphatic rings. The summed E-state index contributed by atoms with van der Waals surface area (Å²) >= 11 is 0. The molecule has 14 nitrogen and oxygen atoms in total. The lowest BCUT2D eigenvalue weighted by Gasteiger charge is -2.45. The molecular weight excluding hydrogens is 724 g/mol. The molecular formula is C42H68N2O12. The molecule has 3 aliphatic carbocycles. The van der Waals surface area contributed by atoms with Gasteiger partial charge in [0, 0.05) is 16.7 Å². The molecule has 2 amide bonds. The van der Waals surface area contributed by atoms with E-state index in [4.69, 9.17) is 33.5 Å². The van der Waals surface area contributed by atoms with Gasteiger partial charge in [-0.1, -0.05) is 63.7 Å². The van der Waals surface area contributed by atoms with Crippen LogP contribution in [0.5, 0.6) is 0 Å². The molecule has 0 aromatic heterocycles. The summed E-state index contributed by atoms with van der Waals surface area (Å²) < 4.78 is 27.8. The average molecular weight is 793 g/mol. The Labute approximate surface area is 333 Å². The molecule has 2 N–H and O–H groups in total. The van der Waals surface area contributed by atoms with Gasteiger partial charge in [0.2, 0.25) is 0 Å². The maximum atomic E-state index is 13.3. The zero-order valence-corrected chi connectivity index (χ0v) is 34.7. The lowest BCUT2D eigenvalue weighted by Crippen LogP contribution is -2.55. The van der Waals surface area contributed by atoms with Crippen LogP contribution in [0.2, 0.25) is 0 Å². The van der Waals surface area contributed by atoms with Gasteiger partial charge in [0.05, 0.1) is 11.8 Å². The minimum atomic E-state index is -1.02. The van der Waals surface area contributed by atoms with Crippen molar-refractivity contribution >= 4 is 30.1 Å². The average Bonchev–Trinajstić information content (AvgIpc) is 3.16. The molecule has 4 atom stereocenters. The Hall–Kier alpha value is -3.65. The molecule has 318 valence electrons. The molecule has 0 bridgehead atoms. The van der Waals surface area contributed by atoms with E-state index in [2.05, 4.69) is 23.8 Å². The highest BCUT2D eigenvalue weighted by atomic mass is 17.2. The highest BCUT2D eigenvalue weighted by Crippen LogP contribution is 2.40. The van der Waals surface area contributed by atoms with E-state index in [1.165, 1.54) is 6.92 Å². The molecule has 3 saturated carbocycles. The standard InChI is InChI=1S/C42H68N2O12/c1-28(2)23-53-54-27-35(26-52-38(47)31-18-13-10-14-19-31)56-40(49)44-42(7,8)33-21-15-20-32(22-33)41(5,6)43-39(48)55-34(24-50-36(45)29(3)4)25-51-37(46)30-16-11-9-12-17-30/h30-35H,1,3,9-27H2,2,4-8H3,(H,43,48)(H,44,49). The molecule has 4 unspecified atom stereocenters. The van der Waals surface area contributed by atoms with Crippen LogP contribution in [-0.4, -0.2) is 86.4 Å². The van der Waals surface area contributed by atoms with Crippen LogP contribution in [0.25, 0.3) is 0 Å². The Morgan fingerprint density at radius 2 is 1.02 bits per heavy atom. The fraction of sp³-hybridized carbons (Fsp3) is 0.786. The predicted octanol–water partition coefficient (Wildman–Crippen LogP) is 7.43. The molecule has 0 aromatic carbocycles. The van der Waals surface area contributed by atoms with E-state index in [-0.39, 0.29) is 74.2 Å². The molecule has 0 aliphatic heterocycles. The van der Waals surface area contributed by atoms with Crippen LogP contribution < -0.4 is 10.6 Å². The molecule has 56 heavy (non-hydrogen) atoms. The number of carbonyl (C=O) groups is 5. The first-order valence-electron chi connectivity index (χ1n) is 20.5. The topological polar surface area (TPSA) is 174 Å². The molecule has 0 radical (unpaired) electrons. The van der Waals surface area contributed by atoms with Crippen molar-refractivity contribution in [2.75, 3.05) is 33.0 Å². The number of alkyl carbamates (subject to hydrolysis) is 2. The normalized spacial score (nSPS) is 20.8. The highest BCUT2D eigenvalue weighted by molar-refractivity contribution is 5.87. The zero-order valence-electron chi connectivity index (χ0n) is 34.7. The zero-order chi connectivity index (χ0) is 41.3. The fourth-order valence-electron chi connectivity index (χ4n) is 7.65. The summed E-state index contributed by atoms with van der Waals surface area (Å²) in [7, 11) is 0. The van der Waals surface area contributed by atoms with Crippen molar-refractivity contribution in [1.82, 2.24) is 10.6 Å². The third kappa shape index (κ3) is 16.4. The number of esters is 3. The summed E-state index contributed by atoms with van der Waals surface area (Å²) in [6, 6.07) is 0. The smallest absolute Gasteiger partial charge is 0.408 e. The van der Waals surface area contributed by atoms with Crippen molar-refractivity contribution in [3.05, 3.63) is 24.3 Å². The van der Waals surface area contributed by atoms with Crippen LogP contribution in [0.3, 0.4) is 0 Å². The molecule has 3 rings (SSSR count). The van der Waals surface area contributed by atoms with Crippen molar-refractivity contribution in [3.8, 4) is 0 Å². The summed E-state index contributed by atoms with van der Waals surface area (Å²) in [5.41, 5.74) is -0.476. The maximum absolute atomic E-state index is 13.3. The first-order valence-corrected chi connectivity index (χ1v) is 20.5. The minimum Gasteiger partial charge on any atom is -0.461 e. The van der Waals surface area contributed by atoms with Crippen molar-refractivity contribution < 1.29 is 57.4 Å². The molecule has 0 saturated heterocycles. The van der Waals surface area contributed by atoms with Gasteiger partial charge in [-0.25, -0.2) is 24.2 Å². The van der Waals surface area contributed by atoms with Crippen LogP contribution in [-0.2, 0) is 47.8 Å². The second-order valence-electron chi connectivity index (χ2n) is 17.1. The van der Waals surface area contributed by atoms with Crippen LogP contribution in [0, 0.1) is 23.7 Å². The van der Waals surface area contributed by atoms with Gasteiger partial charge in [-0.05, 0) is 98.3 Å².